The van der Waals surface area contributed by atoms with Crippen LogP contribution in [0.25, 0.3) is 0 Å². The molecule has 0 radical (unpaired) electrons. The fourth-order valence-corrected chi connectivity index (χ4v) is 1.63. The van der Waals surface area contributed by atoms with E-state index < -0.39 is 0 Å². The number of hydrogen-bond acceptors (Lipinski definition) is 2. The molecule has 0 bridgehead atoms. The van der Waals surface area contributed by atoms with Crippen LogP contribution in [0.15, 0.2) is 0 Å². The molecule has 0 saturated heterocycles. The van der Waals surface area contributed by atoms with Gasteiger partial charge in [0.15, 0.2) is 0 Å². The summed E-state index contributed by atoms with van der Waals surface area (Å²) in [6.07, 6.45) is 5.91. The first-order valence-corrected chi connectivity index (χ1v) is 6.14. The minimum absolute atomic E-state index is 0.300. The number of rotatable bonds is 9. The van der Waals surface area contributed by atoms with E-state index in [0.717, 1.165) is 13.1 Å². The van der Waals surface area contributed by atoms with Crippen molar-refractivity contribution in [1.82, 2.24) is 4.90 Å². The third-order valence-corrected chi connectivity index (χ3v) is 2.70. The zero-order valence-electron chi connectivity index (χ0n) is 10.6. The molecular weight excluding hydrogens is 186 g/mol. The largest absolute Gasteiger partial charge is 0.388 e. The number of amidine groups is 1. The molecule has 0 aromatic rings. The summed E-state index contributed by atoms with van der Waals surface area (Å²) in [5.74, 6) is 0.300. The lowest BCUT2D eigenvalue weighted by atomic mass is 10.2. The summed E-state index contributed by atoms with van der Waals surface area (Å²) < 4.78 is 0. The summed E-state index contributed by atoms with van der Waals surface area (Å²) in [6.45, 7) is 8.72. The van der Waals surface area contributed by atoms with Gasteiger partial charge in [0.05, 0.1) is 5.84 Å². The van der Waals surface area contributed by atoms with Gasteiger partial charge >= 0.3 is 0 Å². The predicted molar refractivity (Wildman–Crippen MR) is 67.4 cm³/mol. The predicted octanol–water partition coefficient (Wildman–Crippen LogP) is 2.60. The van der Waals surface area contributed by atoms with Crippen LogP contribution in [0, 0.1) is 5.41 Å². The van der Waals surface area contributed by atoms with Crippen LogP contribution in [-0.4, -0.2) is 29.9 Å². The highest BCUT2D eigenvalue weighted by molar-refractivity contribution is 5.76. The van der Waals surface area contributed by atoms with E-state index >= 15 is 0 Å². The van der Waals surface area contributed by atoms with Crippen molar-refractivity contribution in [3.63, 3.8) is 0 Å². The molecule has 0 spiro atoms. The standard InChI is InChI=1S/C12H27N3/c1-4-5-6-7-9-15(11(2)3)10-8-12(13)14/h11H,4-10H2,1-3H3,(H3,13,14). The van der Waals surface area contributed by atoms with Crippen molar-refractivity contribution >= 4 is 5.84 Å². The number of hydrogen-bond donors (Lipinski definition) is 2. The zero-order chi connectivity index (χ0) is 11.7. The lowest BCUT2D eigenvalue weighted by Gasteiger charge is -2.26. The Morgan fingerprint density at radius 2 is 1.87 bits per heavy atom. The van der Waals surface area contributed by atoms with E-state index in [4.69, 9.17) is 11.1 Å². The Balaban J connectivity index is 3.68. The Hall–Kier alpha value is -0.570. The van der Waals surface area contributed by atoms with Crippen LogP contribution in [0.5, 0.6) is 0 Å². The zero-order valence-corrected chi connectivity index (χ0v) is 10.6. The van der Waals surface area contributed by atoms with Crippen LogP contribution >= 0.6 is 0 Å². The molecule has 0 aliphatic carbocycles. The highest BCUT2D eigenvalue weighted by Gasteiger charge is 2.08. The van der Waals surface area contributed by atoms with Crippen LogP contribution in [-0.2, 0) is 0 Å². The molecule has 15 heavy (non-hydrogen) atoms. The van der Waals surface area contributed by atoms with Crippen molar-refractivity contribution < 1.29 is 0 Å². The van der Waals surface area contributed by atoms with Gasteiger partial charge in [0.1, 0.15) is 0 Å². The summed E-state index contributed by atoms with van der Waals surface area (Å²) in [6, 6.07) is 0.561. The molecule has 0 heterocycles. The molecule has 90 valence electrons. The maximum absolute atomic E-state index is 7.22. The molecular formula is C12H27N3. The summed E-state index contributed by atoms with van der Waals surface area (Å²) in [5.41, 5.74) is 5.37. The molecule has 0 unspecified atom stereocenters. The van der Waals surface area contributed by atoms with Crippen LogP contribution < -0.4 is 5.73 Å². The maximum Gasteiger partial charge on any atom is 0.0918 e. The van der Waals surface area contributed by atoms with Crippen molar-refractivity contribution in [2.24, 2.45) is 5.73 Å². The minimum atomic E-state index is 0.300. The van der Waals surface area contributed by atoms with Gasteiger partial charge in [-0.25, -0.2) is 0 Å². The van der Waals surface area contributed by atoms with Crippen LogP contribution in [0.2, 0.25) is 0 Å². The first kappa shape index (κ1) is 14.4. The Morgan fingerprint density at radius 1 is 1.20 bits per heavy atom. The van der Waals surface area contributed by atoms with Crippen molar-refractivity contribution in [2.75, 3.05) is 13.1 Å². The third-order valence-electron chi connectivity index (χ3n) is 2.70. The number of nitrogens with two attached hydrogens (primary N) is 1. The average Bonchev–Trinajstić information content (AvgIpc) is 2.15. The normalized spacial score (nSPS) is 11.3. The lowest BCUT2D eigenvalue weighted by molar-refractivity contribution is 0.222. The number of nitrogens with one attached hydrogen (secondary N) is 1. The summed E-state index contributed by atoms with van der Waals surface area (Å²) >= 11 is 0. The summed E-state index contributed by atoms with van der Waals surface area (Å²) in [4.78, 5) is 2.41. The molecule has 0 fully saturated rings. The van der Waals surface area contributed by atoms with Gasteiger partial charge in [0.2, 0.25) is 0 Å². The smallest absolute Gasteiger partial charge is 0.0918 e. The summed E-state index contributed by atoms with van der Waals surface area (Å²) in [7, 11) is 0. The van der Waals surface area contributed by atoms with Crippen molar-refractivity contribution in [2.45, 2.75) is 58.9 Å². The maximum atomic E-state index is 7.22. The molecule has 0 aliphatic rings. The SMILES string of the molecule is CCCCCCN(CCC(=N)N)C(C)C. The van der Waals surface area contributed by atoms with Crippen LogP contribution in [0.4, 0.5) is 0 Å². The molecule has 3 N–H and O–H groups in total. The van der Waals surface area contributed by atoms with Gasteiger partial charge in [-0.3, -0.25) is 5.41 Å². The van der Waals surface area contributed by atoms with Gasteiger partial charge in [0, 0.05) is 19.0 Å². The van der Waals surface area contributed by atoms with Crippen molar-refractivity contribution in [3.8, 4) is 0 Å². The molecule has 0 aromatic carbocycles. The molecule has 0 saturated carbocycles. The van der Waals surface area contributed by atoms with E-state index in [1.165, 1.54) is 25.7 Å². The quantitative estimate of drug-likeness (QED) is 0.351. The van der Waals surface area contributed by atoms with Gasteiger partial charge in [-0.1, -0.05) is 26.2 Å². The highest BCUT2D eigenvalue weighted by Crippen LogP contribution is 2.05. The summed E-state index contributed by atoms with van der Waals surface area (Å²) in [5, 5.41) is 7.22. The number of nitrogens with zero attached hydrogens (tertiary/aromatic N) is 1. The minimum Gasteiger partial charge on any atom is -0.388 e. The number of unbranched alkanes of at least 4 members (excludes halogenated alkanes) is 3. The molecule has 3 heteroatoms. The highest BCUT2D eigenvalue weighted by atomic mass is 15.1. The fraction of sp³-hybridized carbons (Fsp3) is 0.917. The Bertz CT molecular complexity index is 166. The molecule has 0 aliphatic heterocycles. The molecule has 0 aromatic heterocycles. The molecule has 0 atom stereocenters. The fourth-order valence-electron chi connectivity index (χ4n) is 1.63. The second-order valence-corrected chi connectivity index (χ2v) is 4.47. The van der Waals surface area contributed by atoms with Gasteiger partial charge in [-0.2, -0.15) is 0 Å². The van der Waals surface area contributed by atoms with E-state index in [9.17, 15) is 0 Å². The van der Waals surface area contributed by atoms with Crippen molar-refractivity contribution in [1.29, 1.82) is 5.41 Å². The van der Waals surface area contributed by atoms with E-state index in [-0.39, 0.29) is 0 Å². The average molecular weight is 213 g/mol. The second kappa shape index (κ2) is 8.72. The van der Waals surface area contributed by atoms with Crippen molar-refractivity contribution in [3.05, 3.63) is 0 Å². The topological polar surface area (TPSA) is 53.1 Å². The molecule has 3 nitrogen and oxygen atoms in total. The molecule has 0 rings (SSSR count). The van der Waals surface area contributed by atoms with E-state index in [1.807, 2.05) is 0 Å². The first-order valence-electron chi connectivity index (χ1n) is 6.14. The van der Waals surface area contributed by atoms with Crippen LogP contribution in [0.1, 0.15) is 52.9 Å². The van der Waals surface area contributed by atoms with E-state index in [1.54, 1.807) is 0 Å². The van der Waals surface area contributed by atoms with Gasteiger partial charge in [-0.15, -0.1) is 0 Å². The lowest BCUT2D eigenvalue weighted by Crippen LogP contribution is -2.34. The Kier molecular flexibility index (Phi) is 8.38. The van der Waals surface area contributed by atoms with E-state index in [2.05, 4.69) is 25.7 Å². The Labute approximate surface area is 94.5 Å². The Morgan fingerprint density at radius 3 is 2.33 bits per heavy atom. The molecule has 0 amide bonds. The van der Waals surface area contributed by atoms with Gasteiger partial charge < -0.3 is 10.6 Å². The van der Waals surface area contributed by atoms with Crippen LogP contribution in [0.3, 0.4) is 0 Å². The van der Waals surface area contributed by atoms with E-state index in [0.29, 0.717) is 18.3 Å². The van der Waals surface area contributed by atoms with Gasteiger partial charge in [0.25, 0.3) is 0 Å². The van der Waals surface area contributed by atoms with Gasteiger partial charge in [-0.05, 0) is 26.8 Å². The third kappa shape index (κ3) is 8.43. The second-order valence-electron chi connectivity index (χ2n) is 4.47. The first-order chi connectivity index (χ1) is 7.07. The monoisotopic (exact) mass is 213 g/mol.